The summed E-state index contributed by atoms with van der Waals surface area (Å²) < 4.78 is 0. The first kappa shape index (κ1) is 8.27. The molecule has 1 atom stereocenters. The Hall–Kier alpha value is -0.340. The van der Waals surface area contributed by atoms with Gasteiger partial charge < -0.3 is 4.90 Å². The van der Waals surface area contributed by atoms with Gasteiger partial charge in [-0.3, -0.25) is 0 Å². The Balaban J connectivity index is 2.00. The van der Waals surface area contributed by atoms with E-state index < -0.39 is 0 Å². The van der Waals surface area contributed by atoms with Crippen LogP contribution in [0.4, 0.5) is 0 Å². The first-order valence-electron chi connectivity index (χ1n) is 4.66. The van der Waals surface area contributed by atoms with Crippen LogP contribution in [0.5, 0.6) is 0 Å². The molecule has 0 saturated carbocycles. The molecule has 0 N–H and O–H groups in total. The van der Waals surface area contributed by atoms with Gasteiger partial charge in [0.25, 0.3) is 0 Å². The Kier molecular flexibility index (Phi) is 2.47. The van der Waals surface area contributed by atoms with Crippen LogP contribution in [0.3, 0.4) is 0 Å². The normalized spacial score (nSPS) is 24.9. The summed E-state index contributed by atoms with van der Waals surface area (Å²) in [6.45, 7) is 6.02. The minimum atomic E-state index is 0.824. The van der Waals surface area contributed by atoms with Crippen molar-refractivity contribution >= 4 is 11.3 Å². The van der Waals surface area contributed by atoms with E-state index in [1.54, 1.807) is 4.88 Å². The van der Waals surface area contributed by atoms with Gasteiger partial charge in [0.1, 0.15) is 0 Å². The van der Waals surface area contributed by atoms with E-state index in [0.29, 0.717) is 0 Å². The predicted molar refractivity (Wildman–Crippen MR) is 53.8 cm³/mol. The summed E-state index contributed by atoms with van der Waals surface area (Å²) in [7, 11) is 0. The summed E-state index contributed by atoms with van der Waals surface area (Å²) in [4.78, 5) is 4.11. The van der Waals surface area contributed by atoms with E-state index in [9.17, 15) is 0 Å². The number of thiophene rings is 1. The van der Waals surface area contributed by atoms with Gasteiger partial charge in [-0.1, -0.05) is 13.0 Å². The van der Waals surface area contributed by atoms with E-state index in [1.165, 1.54) is 26.1 Å². The van der Waals surface area contributed by atoms with Gasteiger partial charge in [-0.05, 0) is 31.0 Å². The quantitative estimate of drug-likeness (QED) is 0.678. The van der Waals surface area contributed by atoms with Gasteiger partial charge in [-0.25, -0.2) is 0 Å². The average Bonchev–Trinajstić information content (AvgIpc) is 2.75. The molecule has 2 rings (SSSR count). The Morgan fingerprint density at radius 3 is 3.17 bits per heavy atom. The van der Waals surface area contributed by atoms with Gasteiger partial charge >= 0.3 is 0 Å². The molecule has 1 aromatic heterocycles. The van der Waals surface area contributed by atoms with Crippen LogP contribution >= 0.6 is 11.3 Å². The van der Waals surface area contributed by atoms with Gasteiger partial charge in [0.15, 0.2) is 0 Å². The van der Waals surface area contributed by atoms with Gasteiger partial charge in [0, 0.05) is 17.3 Å². The first-order chi connectivity index (χ1) is 5.90. The summed E-state index contributed by atoms with van der Waals surface area (Å²) in [6, 6.07) is 4.43. The molecule has 1 aliphatic rings. The molecule has 1 fully saturated rings. The Bertz CT molecular complexity index is 230. The standard InChI is InChI=1S/C10H15NS/c1-2-11-6-5-9(8-11)10-4-3-7-12-10/h3-4,7,9H,2,5-6,8H2,1H3. The number of likely N-dealkylation sites (tertiary alicyclic amines) is 1. The second-order valence-electron chi connectivity index (χ2n) is 3.39. The number of hydrogen-bond donors (Lipinski definition) is 0. The monoisotopic (exact) mass is 181 g/mol. The molecular formula is C10H15NS. The average molecular weight is 181 g/mol. The van der Waals surface area contributed by atoms with E-state index in [1.807, 2.05) is 11.3 Å². The largest absolute Gasteiger partial charge is 0.303 e. The molecule has 0 bridgehead atoms. The zero-order valence-electron chi connectivity index (χ0n) is 7.49. The molecule has 1 saturated heterocycles. The lowest BCUT2D eigenvalue weighted by Crippen LogP contribution is -2.19. The van der Waals surface area contributed by atoms with E-state index in [4.69, 9.17) is 0 Å². The highest BCUT2D eigenvalue weighted by atomic mass is 32.1. The third-order valence-corrected chi connectivity index (χ3v) is 3.70. The molecule has 0 amide bonds. The van der Waals surface area contributed by atoms with Crippen molar-refractivity contribution in [3.05, 3.63) is 22.4 Å². The molecule has 0 aromatic carbocycles. The number of hydrogen-bond acceptors (Lipinski definition) is 2. The van der Waals surface area contributed by atoms with E-state index in [0.717, 1.165) is 5.92 Å². The highest BCUT2D eigenvalue weighted by Crippen LogP contribution is 2.29. The summed E-state index contributed by atoms with van der Waals surface area (Å²) in [5, 5.41) is 2.18. The van der Waals surface area contributed by atoms with Crippen molar-refractivity contribution < 1.29 is 0 Å². The molecular weight excluding hydrogens is 166 g/mol. The number of nitrogens with zero attached hydrogens (tertiary/aromatic N) is 1. The molecule has 1 unspecified atom stereocenters. The van der Waals surface area contributed by atoms with Gasteiger partial charge in [-0.2, -0.15) is 0 Å². The predicted octanol–water partition coefficient (Wildman–Crippen LogP) is 2.56. The maximum atomic E-state index is 2.53. The zero-order valence-corrected chi connectivity index (χ0v) is 8.31. The summed E-state index contributed by atoms with van der Waals surface area (Å²) in [5.74, 6) is 0.824. The van der Waals surface area contributed by atoms with E-state index in [2.05, 4.69) is 29.3 Å². The van der Waals surface area contributed by atoms with Crippen molar-refractivity contribution in [2.75, 3.05) is 19.6 Å². The van der Waals surface area contributed by atoms with Crippen LogP contribution in [0, 0.1) is 0 Å². The fraction of sp³-hybridized carbons (Fsp3) is 0.600. The van der Waals surface area contributed by atoms with Crippen LogP contribution in [0.2, 0.25) is 0 Å². The number of rotatable bonds is 2. The second kappa shape index (κ2) is 3.58. The zero-order chi connectivity index (χ0) is 8.39. The fourth-order valence-electron chi connectivity index (χ4n) is 1.88. The molecule has 66 valence electrons. The molecule has 1 aromatic rings. The van der Waals surface area contributed by atoms with Crippen LogP contribution < -0.4 is 0 Å². The van der Waals surface area contributed by atoms with Crippen molar-refractivity contribution in [2.45, 2.75) is 19.3 Å². The van der Waals surface area contributed by atoms with Crippen LogP contribution in [-0.4, -0.2) is 24.5 Å². The number of likely N-dealkylation sites (N-methyl/N-ethyl adjacent to an activating group) is 1. The lowest BCUT2D eigenvalue weighted by molar-refractivity contribution is 0.354. The fourth-order valence-corrected chi connectivity index (χ4v) is 2.73. The van der Waals surface area contributed by atoms with Gasteiger partial charge in [0.2, 0.25) is 0 Å². The van der Waals surface area contributed by atoms with Crippen LogP contribution in [0.1, 0.15) is 24.1 Å². The maximum Gasteiger partial charge on any atom is 0.00894 e. The SMILES string of the molecule is CCN1CCC(c2cccs2)C1. The molecule has 12 heavy (non-hydrogen) atoms. The van der Waals surface area contributed by atoms with E-state index in [-0.39, 0.29) is 0 Å². The molecule has 2 heterocycles. The highest BCUT2D eigenvalue weighted by molar-refractivity contribution is 7.10. The second-order valence-corrected chi connectivity index (χ2v) is 4.37. The van der Waals surface area contributed by atoms with Crippen molar-refractivity contribution in [2.24, 2.45) is 0 Å². The Morgan fingerprint density at radius 2 is 2.58 bits per heavy atom. The lowest BCUT2D eigenvalue weighted by atomic mass is 10.1. The molecule has 0 aliphatic carbocycles. The van der Waals surface area contributed by atoms with E-state index >= 15 is 0 Å². The first-order valence-corrected chi connectivity index (χ1v) is 5.54. The highest BCUT2D eigenvalue weighted by Gasteiger charge is 2.22. The Labute approximate surface area is 78.0 Å². The lowest BCUT2D eigenvalue weighted by Gasteiger charge is -2.11. The molecule has 2 heteroatoms. The summed E-state index contributed by atoms with van der Waals surface area (Å²) in [5.41, 5.74) is 0. The topological polar surface area (TPSA) is 3.24 Å². The molecule has 1 aliphatic heterocycles. The third kappa shape index (κ3) is 1.54. The minimum Gasteiger partial charge on any atom is -0.303 e. The van der Waals surface area contributed by atoms with Crippen molar-refractivity contribution in [3.63, 3.8) is 0 Å². The van der Waals surface area contributed by atoms with Crippen molar-refractivity contribution in [3.8, 4) is 0 Å². The van der Waals surface area contributed by atoms with Crippen LogP contribution in [-0.2, 0) is 0 Å². The summed E-state index contributed by atoms with van der Waals surface area (Å²) in [6.07, 6.45) is 1.36. The third-order valence-electron chi connectivity index (χ3n) is 2.67. The van der Waals surface area contributed by atoms with Crippen LogP contribution in [0.15, 0.2) is 17.5 Å². The van der Waals surface area contributed by atoms with Crippen LogP contribution in [0.25, 0.3) is 0 Å². The Morgan fingerprint density at radius 1 is 1.67 bits per heavy atom. The molecule has 0 spiro atoms. The summed E-state index contributed by atoms with van der Waals surface area (Å²) >= 11 is 1.91. The van der Waals surface area contributed by atoms with Gasteiger partial charge in [-0.15, -0.1) is 11.3 Å². The maximum absolute atomic E-state index is 2.53. The molecule has 1 nitrogen and oxygen atoms in total. The smallest absolute Gasteiger partial charge is 0.00894 e. The minimum absolute atomic E-state index is 0.824. The molecule has 0 radical (unpaired) electrons. The van der Waals surface area contributed by atoms with Crippen molar-refractivity contribution in [1.82, 2.24) is 4.90 Å². The van der Waals surface area contributed by atoms with Crippen molar-refractivity contribution in [1.29, 1.82) is 0 Å². The van der Waals surface area contributed by atoms with Gasteiger partial charge in [0.05, 0.1) is 0 Å².